The molecule has 1 saturated heterocycles. The molecule has 1 aliphatic rings. The minimum absolute atomic E-state index is 0.0640. The molecule has 0 radical (unpaired) electrons. The molecule has 3 heterocycles. The summed E-state index contributed by atoms with van der Waals surface area (Å²) in [7, 11) is 0. The molecule has 25 heavy (non-hydrogen) atoms. The highest BCUT2D eigenvalue weighted by atomic mass is 16.2. The Hall–Kier alpha value is -2.69. The molecule has 1 aromatic carbocycles. The average Bonchev–Trinajstić information content (AvgIpc) is 3.26. The van der Waals surface area contributed by atoms with Gasteiger partial charge >= 0.3 is 0 Å². The lowest BCUT2D eigenvalue weighted by Gasteiger charge is -2.23. The average molecular weight is 334 g/mol. The summed E-state index contributed by atoms with van der Waals surface area (Å²) in [6, 6.07) is 10.2. The molecule has 0 unspecified atom stereocenters. The van der Waals surface area contributed by atoms with Crippen LogP contribution in [0.4, 0.5) is 0 Å². The van der Waals surface area contributed by atoms with E-state index in [4.69, 9.17) is 4.98 Å². The van der Waals surface area contributed by atoms with Gasteiger partial charge in [0.25, 0.3) is 0 Å². The Balaban J connectivity index is 1.50. The summed E-state index contributed by atoms with van der Waals surface area (Å²) in [5.74, 6) is 1.11. The Morgan fingerprint density at radius 3 is 3.12 bits per heavy atom. The number of amides is 1. The van der Waals surface area contributed by atoms with E-state index in [0.717, 1.165) is 48.2 Å². The lowest BCUT2D eigenvalue weighted by molar-refractivity contribution is -0.132. The number of aromatic amines is 1. The van der Waals surface area contributed by atoms with Gasteiger partial charge in [0.05, 0.1) is 17.1 Å². The maximum atomic E-state index is 12.7. The van der Waals surface area contributed by atoms with Crippen molar-refractivity contribution in [3.63, 3.8) is 0 Å². The van der Waals surface area contributed by atoms with Crippen molar-refractivity contribution in [2.75, 3.05) is 6.54 Å². The predicted molar refractivity (Wildman–Crippen MR) is 97.1 cm³/mol. The number of carbonyl (C=O) groups excluding carboxylic acids is 1. The van der Waals surface area contributed by atoms with Crippen molar-refractivity contribution in [2.24, 2.45) is 0 Å². The number of nitrogens with zero attached hydrogens (tertiary/aromatic N) is 3. The SMILES string of the molecule is Cc1ccc2nc([C@H]3CCCN3C(=O)CCc3cccnc3)[nH]c2c1. The zero-order chi connectivity index (χ0) is 17.2. The van der Waals surface area contributed by atoms with Crippen molar-refractivity contribution < 1.29 is 4.79 Å². The molecular weight excluding hydrogens is 312 g/mol. The Bertz CT molecular complexity index is 887. The number of rotatable bonds is 4. The molecule has 0 saturated carbocycles. The molecule has 1 atom stereocenters. The van der Waals surface area contributed by atoms with Gasteiger partial charge in [-0.1, -0.05) is 12.1 Å². The van der Waals surface area contributed by atoms with Crippen molar-refractivity contribution in [3.8, 4) is 0 Å². The summed E-state index contributed by atoms with van der Waals surface area (Å²) in [4.78, 5) is 27.0. The molecular formula is C20H22N4O. The van der Waals surface area contributed by atoms with Gasteiger partial charge in [0.15, 0.2) is 0 Å². The summed E-state index contributed by atoms with van der Waals surface area (Å²) >= 11 is 0. The predicted octanol–water partition coefficient (Wildman–Crippen LogP) is 3.56. The molecule has 1 fully saturated rings. The van der Waals surface area contributed by atoms with Crippen LogP contribution in [0.3, 0.4) is 0 Å². The fourth-order valence-corrected chi connectivity index (χ4v) is 3.59. The van der Waals surface area contributed by atoms with E-state index in [2.05, 4.69) is 29.0 Å². The number of nitrogens with one attached hydrogen (secondary N) is 1. The largest absolute Gasteiger partial charge is 0.340 e. The number of carbonyl (C=O) groups is 1. The number of hydrogen-bond acceptors (Lipinski definition) is 3. The van der Waals surface area contributed by atoms with Gasteiger partial charge in [-0.25, -0.2) is 4.98 Å². The smallest absolute Gasteiger partial charge is 0.223 e. The quantitative estimate of drug-likeness (QED) is 0.793. The second-order valence-corrected chi connectivity index (χ2v) is 6.75. The van der Waals surface area contributed by atoms with Crippen LogP contribution in [0.5, 0.6) is 0 Å². The highest BCUT2D eigenvalue weighted by Gasteiger charge is 2.31. The van der Waals surface area contributed by atoms with Gasteiger partial charge < -0.3 is 9.88 Å². The number of aromatic nitrogens is 3. The standard InChI is InChI=1S/C20H22N4O/c1-14-6-8-16-17(12-14)23-20(22-16)18-5-3-11-24(18)19(25)9-7-15-4-2-10-21-13-15/h2,4,6,8,10,12-13,18H,3,5,7,9,11H2,1H3,(H,22,23)/t18-/m1/s1. The van der Waals surface area contributed by atoms with Crippen LogP contribution in [0.2, 0.25) is 0 Å². The molecule has 0 spiro atoms. The van der Waals surface area contributed by atoms with Crippen molar-refractivity contribution in [1.82, 2.24) is 19.9 Å². The second kappa shape index (κ2) is 6.67. The first-order chi connectivity index (χ1) is 12.2. The molecule has 2 aromatic heterocycles. The number of pyridine rings is 1. The number of benzene rings is 1. The van der Waals surface area contributed by atoms with E-state index >= 15 is 0 Å². The van der Waals surface area contributed by atoms with Gasteiger partial charge in [-0.3, -0.25) is 9.78 Å². The minimum atomic E-state index is 0.0640. The van der Waals surface area contributed by atoms with Crippen LogP contribution in [-0.4, -0.2) is 32.3 Å². The number of hydrogen-bond donors (Lipinski definition) is 1. The van der Waals surface area contributed by atoms with Gasteiger partial charge in [0.1, 0.15) is 5.82 Å². The van der Waals surface area contributed by atoms with Gasteiger partial charge in [0, 0.05) is 25.4 Å². The lowest BCUT2D eigenvalue weighted by Crippen LogP contribution is -2.31. The molecule has 3 aromatic rings. The number of likely N-dealkylation sites (tertiary alicyclic amines) is 1. The normalized spacial score (nSPS) is 17.3. The third-order valence-electron chi connectivity index (χ3n) is 4.89. The second-order valence-electron chi connectivity index (χ2n) is 6.75. The fraction of sp³-hybridized carbons (Fsp3) is 0.350. The van der Waals surface area contributed by atoms with E-state index in [-0.39, 0.29) is 11.9 Å². The van der Waals surface area contributed by atoms with Crippen LogP contribution in [-0.2, 0) is 11.2 Å². The van der Waals surface area contributed by atoms with E-state index < -0.39 is 0 Å². The minimum Gasteiger partial charge on any atom is -0.340 e. The molecule has 0 aliphatic carbocycles. The summed E-state index contributed by atoms with van der Waals surface area (Å²) < 4.78 is 0. The Morgan fingerprint density at radius 2 is 2.28 bits per heavy atom. The van der Waals surface area contributed by atoms with Crippen LogP contribution in [0, 0.1) is 6.92 Å². The van der Waals surface area contributed by atoms with Crippen LogP contribution in [0.1, 0.15) is 42.3 Å². The highest BCUT2D eigenvalue weighted by molar-refractivity contribution is 5.78. The maximum Gasteiger partial charge on any atom is 0.223 e. The van der Waals surface area contributed by atoms with Crippen LogP contribution >= 0.6 is 0 Å². The zero-order valence-electron chi connectivity index (χ0n) is 14.4. The lowest BCUT2D eigenvalue weighted by atomic mass is 10.1. The van der Waals surface area contributed by atoms with Crippen LogP contribution < -0.4 is 0 Å². The molecule has 1 aliphatic heterocycles. The van der Waals surface area contributed by atoms with E-state index in [1.807, 2.05) is 29.3 Å². The zero-order valence-corrected chi connectivity index (χ0v) is 14.4. The number of aryl methyl sites for hydroxylation is 2. The van der Waals surface area contributed by atoms with Gasteiger partial charge in [-0.05, 0) is 55.5 Å². The number of fused-ring (bicyclic) bond motifs is 1. The third kappa shape index (κ3) is 3.27. The van der Waals surface area contributed by atoms with Crippen molar-refractivity contribution >= 4 is 16.9 Å². The first-order valence-electron chi connectivity index (χ1n) is 8.85. The van der Waals surface area contributed by atoms with Crippen LogP contribution in [0.25, 0.3) is 11.0 Å². The first-order valence-corrected chi connectivity index (χ1v) is 8.85. The van der Waals surface area contributed by atoms with Gasteiger partial charge in [-0.2, -0.15) is 0 Å². The molecule has 4 rings (SSSR count). The summed E-state index contributed by atoms with van der Waals surface area (Å²) in [6.45, 7) is 2.89. The maximum absolute atomic E-state index is 12.7. The third-order valence-corrected chi connectivity index (χ3v) is 4.89. The molecule has 5 heteroatoms. The molecule has 128 valence electrons. The van der Waals surface area contributed by atoms with E-state index in [1.165, 1.54) is 5.56 Å². The Labute approximate surface area is 147 Å². The van der Waals surface area contributed by atoms with Gasteiger partial charge in [0.2, 0.25) is 5.91 Å². The van der Waals surface area contributed by atoms with Crippen LogP contribution in [0.15, 0.2) is 42.7 Å². The molecule has 0 bridgehead atoms. The Morgan fingerprint density at radius 1 is 1.36 bits per heavy atom. The number of imidazole rings is 1. The van der Waals surface area contributed by atoms with Crippen molar-refractivity contribution in [3.05, 3.63) is 59.7 Å². The van der Waals surface area contributed by atoms with Gasteiger partial charge in [-0.15, -0.1) is 0 Å². The first kappa shape index (κ1) is 15.8. The topological polar surface area (TPSA) is 61.9 Å². The van der Waals surface area contributed by atoms with E-state index in [1.54, 1.807) is 6.20 Å². The fourth-order valence-electron chi connectivity index (χ4n) is 3.59. The summed E-state index contributed by atoms with van der Waals surface area (Å²) in [5.41, 5.74) is 4.32. The summed E-state index contributed by atoms with van der Waals surface area (Å²) in [6.07, 6.45) is 6.83. The summed E-state index contributed by atoms with van der Waals surface area (Å²) in [5, 5.41) is 0. The van der Waals surface area contributed by atoms with E-state index in [0.29, 0.717) is 6.42 Å². The molecule has 1 N–H and O–H groups in total. The van der Waals surface area contributed by atoms with E-state index in [9.17, 15) is 4.79 Å². The monoisotopic (exact) mass is 334 g/mol. The van der Waals surface area contributed by atoms with Crippen molar-refractivity contribution in [1.29, 1.82) is 0 Å². The molecule has 1 amide bonds. The van der Waals surface area contributed by atoms with Crippen molar-refractivity contribution in [2.45, 2.75) is 38.6 Å². The Kier molecular flexibility index (Phi) is 4.22. The molecule has 5 nitrogen and oxygen atoms in total. The number of H-pyrrole nitrogens is 1. The highest BCUT2D eigenvalue weighted by Crippen LogP contribution is 2.32.